The standard InChI is InChI=1S/C24H30N2O2/c1-24(2,3)28-23(27)26-16-20-14-25(15-21(20)17-26)22(18-10-6-4-7-11-18)19-12-8-5-9-13-19/h4-13,20-22H,14-17H2,1-3H3. The molecule has 4 heteroatoms. The summed E-state index contributed by atoms with van der Waals surface area (Å²) in [4.78, 5) is 16.9. The summed E-state index contributed by atoms with van der Waals surface area (Å²) in [6.45, 7) is 9.39. The first-order valence-corrected chi connectivity index (χ1v) is 10.2. The predicted octanol–water partition coefficient (Wildman–Crippen LogP) is 4.57. The molecule has 2 atom stereocenters. The lowest BCUT2D eigenvalue weighted by Crippen LogP contribution is -2.38. The van der Waals surface area contributed by atoms with Gasteiger partial charge in [0.25, 0.3) is 0 Å². The summed E-state index contributed by atoms with van der Waals surface area (Å²) in [6.07, 6.45) is -0.170. The lowest BCUT2D eigenvalue weighted by Gasteiger charge is -2.31. The van der Waals surface area contributed by atoms with Crippen molar-refractivity contribution in [1.29, 1.82) is 0 Å². The third kappa shape index (κ3) is 4.07. The van der Waals surface area contributed by atoms with Gasteiger partial charge in [-0.1, -0.05) is 60.7 Å². The first-order valence-electron chi connectivity index (χ1n) is 10.2. The minimum Gasteiger partial charge on any atom is -0.444 e. The summed E-state index contributed by atoms with van der Waals surface area (Å²) in [6, 6.07) is 21.8. The number of likely N-dealkylation sites (tertiary alicyclic amines) is 2. The maximum absolute atomic E-state index is 12.4. The third-order valence-corrected chi connectivity index (χ3v) is 5.76. The molecule has 2 fully saturated rings. The average Bonchev–Trinajstić information content (AvgIpc) is 3.22. The fourth-order valence-electron chi connectivity index (χ4n) is 4.60. The van der Waals surface area contributed by atoms with E-state index < -0.39 is 5.60 Å². The number of fused-ring (bicyclic) bond motifs is 1. The van der Waals surface area contributed by atoms with Crippen molar-refractivity contribution >= 4 is 6.09 Å². The Morgan fingerprint density at radius 1 is 0.857 bits per heavy atom. The molecule has 0 N–H and O–H groups in total. The molecule has 0 bridgehead atoms. The zero-order valence-electron chi connectivity index (χ0n) is 17.0. The van der Waals surface area contributed by atoms with Crippen molar-refractivity contribution in [3.05, 3.63) is 71.8 Å². The van der Waals surface area contributed by atoms with Gasteiger partial charge >= 0.3 is 6.09 Å². The van der Waals surface area contributed by atoms with Crippen LogP contribution in [0.5, 0.6) is 0 Å². The van der Waals surface area contributed by atoms with Crippen molar-refractivity contribution < 1.29 is 9.53 Å². The molecular weight excluding hydrogens is 348 g/mol. The Morgan fingerprint density at radius 3 is 1.75 bits per heavy atom. The van der Waals surface area contributed by atoms with Crippen molar-refractivity contribution in [3.63, 3.8) is 0 Å². The number of rotatable bonds is 3. The van der Waals surface area contributed by atoms with Crippen LogP contribution in [0.4, 0.5) is 4.79 Å². The molecule has 0 radical (unpaired) electrons. The molecule has 0 aliphatic carbocycles. The van der Waals surface area contributed by atoms with Gasteiger partial charge in [0.1, 0.15) is 5.60 Å². The molecule has 2 heterocycles. The van der Waals surface area contributed by atoms with E-state index in [0.29, 0.717) is 11.8 Å². The molecule has 28 heavy (non-hydrogen) atoms. The number of hydrogen-bond donors (Lipinski definition) is 0. The second kappa shape index (κ2) is 7.59. The van der Waals surface area contributed by atoms with Gasteiger partial charge in [0.2, 0.25) is 0 Å². The summed E-state index contributed by atoms with van der Waals surface area (Å²) >= 11 is 0. The largest absolute Gasteiger partial charge is 0.444 e. The highest BCUT2D eigenvalue weighted by atomic mass is 16.6. The first-order chi connectivity index (χ1) is 13.4. The van der Waals surface area contributed by atoms with Crippen LogP contribution in [-0.4, -0.2) is 47.7 Å². The van der Waals surface area contributed by atoms with Crippen LogP contribution < -0.4 is 0 Å². The van der Waals surface area contributed by atoms with Crippen molar-refractivity contribution in [1.82, 2.24) is 9.80 Å². The van der Waals surface area contributed by atoms with Crippen LogP contribution in [0.25, 0.3) is 0 Å². The molecule has 0 aromatic heterocycles. The maximum atomic E-state index is 12.4. The van der Waals surface area contributed by atoms with E-state index in [2.05, 4.69) is 65.6 Å². The maximum Gasteiger partial charge on any atom is 0.410 e. The fraction of sp³-hybridized carbons (Fsp3) is 0.458. The molecule has 2 unspecified atom stereocenters. The number of hydrogen-bond acceptors (Lipinski definition) is 3. The van der Waals surface area contributed by atoms with Gasteiger partial charge in [0.15, 0.2) is 0 Å². The van der Waals surface area contributed by atoms with Crippen LogP contribution in [0.2, 0.25) is 0 Å². The van der Waals surface area contributed by atoms with Gasteiger partial charge in [0, 0.05) is 26.2 Å². The first kappa shape index (κ1) is 19.0. The van der Waals surface area contributed by atoms with Crippen LogP contribution >= 0.6 is 0 Å². The van der Waals surface area contributed by atoms with Crippen molar-refractivity contribution in [2.24, 2.45) is 11.8 Å². The molecule has 2 aromatic rings. The number of benzene rings is 2. The van der Waals surface area contributed by atoms with Crippen LogP contribution in [0, 0.1) is 11.8 Å². The molecule has 0 saturated carbocycles. The lowest BCUT2D eigenvalue weighted by atomic mass is 9.97. The van der Waals surface area contributed by atoms with Crippen LogP contribution in [-0.2, 0) is 4.74 Å². The number of amides is 1. The molecule has 2 aliphatic rings. The zero-order chi connectivity index (χ0) is 19.7. The van der Waals surface area contributed by atoms with Gasteiger partial charge in [-0.2, -0.15) is 0 Å². The summed E-state index contributed by atoms with van der Waals surface area (Å²) in [7, 11) is 0. The van der Waals surface area contributed by atoms with Gasteiger partial charge in [-0.25, -0.2) is 4.79 Å². The Hall–Kier alpha value is -2.33. The highest BCUT2D eigenvalue weighted by molar-refractivity contribution is 5.68. The Balaban J connectivity index is 1.49. The molecule has 148 valence electrons. The monoisotopic (exact) mass is 378 g/mol. The minimum atomic E-state index is -0.438. The summed E-state index contributed by atoms with van der Waals surface area (Å²) in [5, 5.41) is 0. The Labute approximate surface area is 168 Å². The minimum absolute atomic E-state index is 0.170. The zero-order valence-corrected chi connectivity index (χ0v) is 17.0. The van der Waals surface area contributed by atoms with Crippen molar-refractivity contribution in [2.45, 2.75) is 32.4 Å². The van der Waals surface area contributed by atoms with Crippen molar-refractivity contribution in [2.75, 3.05) is 26.2 Å². The molecular formula is C24H30N2O2. The molecule has 1 amide bonds. The molecule has 2 aromatic carbocycles. The predicted molar refractivity (Wildman–Crippen MR) is 111 cm³/mol. The average molecular weight is 379 g/mol. The Bertz CT molecular complexity index is 747. The van der Waals surface area contributed by atoms with Gasteiger partial charge in [-0.3, -0.25) is 4.90 Å². The van der Waals surface area contributed by atoms with Crippen LogP contribution in [0.3, 0.4) is 0 Å². The highest BCUT2D eigenvalue weighted by Gasteiger charge is 2.44. The Kier molecular flexibility index (Phi) is 5.15. The van der Waals surface area contributed by atoms with Gasteiger partial charge in [0.05, 0.1) is 6.04 Å². The van der Waals surface area contributed by atoms with Gasteiger partial charge in [-0.15, -0.1) is 0 Å². The van der Waals surface area contributed by atoms with E-state index in [1.54, 1.807) is 0 Å². The molecule has 4 nitrogen and oxygen atoms in total. The van der Waals surface area contributed by atoms with E-state index in [1.807, 2.05) is 25.7 Å². The van der Waals surface area contributed by atoms with E-state index in [4.69, 9.17) is 4.74 Å². The molecule has 2 aliphatic heterocycles. The van der Waals surface area contributed by atoms with E-state index in [9.17, 15) is 4.79 Å². The Morgan fingerprint density at radius 2 is 1.32 bits per heavy atom. The number of nitrogens with zero attached hydrogens (tertiary/aromatic N) is 2. The molecule has 0 spiro atoms. The summed E-state index contributed by atoms with van der Waals surface area (Å²) < 4.78 is 5.57. The number of carbonyl (C=O) groups excluding carboxylic acids is 1. The normalized spacial score (nSPS) is 22.5. The van der Waals surface area contributed by atoms with E-state index >= 15 is 0 Å². The highest BCUT2D eigenvalue weighted by Crippen LogP contribution is 2.39. The van der Waals surface area contributed by atoms with Crippen molar-refractivity contribution in [3.8, 4) is 0 Å². The van der Waals surface area contributed by atoms with Gasteiger partial charge in [-0.05, 0) is 43.7 Å². The van der Waals surface area contributed by atoms with Gasteiger partial charge < -0.3 is 9.64 Å². The number of carbonyl (C=O) groups is 1. The smallest absolute Gasteiger partial charge is 0.410 e. The SMILES string of the molecule is CC(C)(C)OC(=O)N1CC2CN(C(c3ccccc3)c3ccccc3)CC2C1. The second-order valence-corrected chi connectivity index (χ2v) is 9.08. The van der Waals surface area contributed by atoms with Crippen LogP contribution in [0.15, 0.2) is 60.7 Å². The fourth-order valence-corrected chi connectivity index (χ4v) is 4.60. The van der Waals surface area contributed by atoms with E-state index in [1.165, 1.54) is 11.1 Å². The topological polar surface area (TPSA) is 32.8 Å². The summed E-state index contributed by atoms with van der Waals surface area (Å²) in [5.41, 5.74) is 2.22. The summed E-state index contributed by atoms with van der Waals surface area (Å²) in [5.74, 6) is 1.03. The molecule has 2 saturated heterocycles. The second-order valence-electron chi connectivity index (χ2n) is 9.08. The number of ether oxygens (including phenoxy) is 1. The molecule has 4 rings (SSSR count). The third-order valence-electron chi connectivity index (χ3n) is 5.76. The van der Waals surface area contributed by atoms with E-state index in [-0.39, 0.29) is 12.1 Å². The van der Waals surface area contributed by atoms with Crippen LogP contribution in [0.1, 0.15) is 37.9 Å². The van der Waals surface area contributed by atoms with E-state index in [0.717, 1.165) is 26.2 Å². The quantitative estimate of drug-likeness (QED) is 0.784. The lowest BCUT2D eigenvalue weighted by molar-refractivity contribution is 0.0272.